The lowest BCUT2D eigenvalue weighted by molar-refractivity contribution is -0.117. The van der Waals surface area contributed by atoms with Crippen LogP contribution in [-0.2, 0) is 4.79 Å². The first-order valence-electron chi connectivity index (χ1n) is 5.71. The molecular weight excluding hydrogens is 248 g/mol. The summed E-state index contributed by atoms with van der Waals surface area (Å²) in [5.41, 5.74) is 7.50. The molecule has 2 rings (SSSR count). The summed E-state index contributed by atoms with van der Waals surface area (Å²) in [7, 11) is 0. The number of rotatable bonds is 5. The molecule has 4 N–H and O–H groups in total. The average molecular weight is 264 g/mol. The maximum absolute atomic E-state index is 11.8. The molecule has 1 aromatic heterocycles. The Morgan fingerprint density at radius 2 is 2.33 bits per heavy atom. The Hall–Kier alpha value is -1.53. The number of imidazole rings is 1. The minimum Gasteiger partial charge on any atom is -0.324 e. The molecule has 2 aromatic rings. The number of H-pyrrole nitrogens is 1. The van der Waals surface area contributed by atoms with Crippen LogP contribution in [0.5, 0.6) is 0 Å². The summed E-state index contributed by atoms with van der Waals surface area (Å²) in [5, 5.41) is 2.70. The van der Waals surface area contributed by atoms with Crippen LogP contribution in [0.4, 0.5) is 5.95 Å². The van der Waals surface area contributed by atoms with Crippen molar-refractivity contribution in [2.45, 2.75) is 12.5 Å². The van der Waals surface area contributed by atoms with Crippen LogP contribution in [0.25, 0.3) is 11.0 Å². The van der Waals surface area contributed by atoms with Crippen molar-refractivity contribution >= 4 is 34.7 Å². The summed E-state index contributed by atoms with van der Waals surface area (Å²) >= 11 is 1.67. The molecule has 0 unspecified atom stereocenters. The van der Waals surface area contributed by atoms with Gasteiger partial charge in [0, 0.05) is 0 Å². The van der Waals surface area contributed by atoms with Crippen molar-refractivity contribution in [2.24, 2.45) is 5.73 Å². The monoisotopic (exact) mass is 264 g/mol. The molecule has 0 fully saturated rings. The van der Waals surface area contributed by atoms with Crippen LogP contribution < -0.4 is 11.1 Å². The van der Waals surface area contributed by atoms with Gasteiger partial charge in [-0.05, 0) is 30.6 Å². The molecule has 0 bridgehead atoms. The normalized spacial score (nSPS) is 12.6. The number of hydrogen-bond acceptors (Lipinski definition) is 4. The van der Waals surface area contributed by atoms with Gasteiger partial charge in [0.25, 0.3) is 0 Å². The van der Waals surface area contributed by atoms with E-state index in [2.05, 4.69) is 15.3 Å². The number of carbonyl (C=O) groups is 1. The summed E-state index contributed by atoms with van der Waals surface area (Å²) in [6, 6.07) is 7.11. The highest BCUT2D eigenvalue weighted by molar-refractivity contribution is 7.98. The van der Waals surface area contributed by atoms with Crippen LogP contribution in [-0.4, -0.2) is 33.9 Å². The Morgan fingerprint density at radius 1 is 1.56 bits per heavy atom. The predicted molar refractivity (Wildman–Crippen MR) is 75.7 cm³/mol. The highest BCUT2D eigenvalue weighted by Gasteiger charge is 2.14. The van der Waals surface area contributed by atoms with Crippen molar-refractivity contribution in [3.8, 4) is 0 Å². The summed E-state index contributed by atoms with van der Waals surface area (Å²) in [4.78, 5) is 19.1. The number of anilines is 1. The molecule has 0 aliphatic carbocycles. The van der Waals surface area contributed by atoms with Crippen LogP contribution in [0.15, 0.2) is 24.3 Å². The Bertz CT molecular complexity index is 507. The first kappa shape index (κ1) is 12.9. The highest BCUT2D eigenvalue weighted by Crippen LogP contribution is 2.13. The van der Waals surface area contributed by atoms with Gasteiger partial charge in [0.05, 0.1) is 17.1 Å². The van der Waals surface area contributed by atoms with Crippen LogP contribution in [0.2, 0.25) is 0 Å². The van der Waals surface area contributed by atoms with Crippen molar-refractivity contribution in [3.05, 3.63) is 24.3 Å². The molecule has 1 heterocycles. The molecule has 96 valence electrons. The molecule has 0 saturated heterocycles. The summed E-state index contributed by atoms with van der Waals surface area (Å²) in [6.07, 6.45) is 2.65. The Labute approximate surface area is 110 Å². The number of nitrogens with zero attached hydrogens (tertiary/aromatic N) is 1. The third-order valence-corrected chi connectivity index (χ3v) is 3.24. The number of aromatic nitrogens is 2. The largest absolute Gasteiger partial charge is 0.324 e. The van der Waals surface area contributed by atoms with E-state index in [1.165, 1.54) is 0 Å². The first-order valence-corrected chi connectivity index (χ1v) is 7.10. The smallest absolute Gasteiger partial charge is 0.243 e. The van der Waals surface area contributed by atoms with Crippen LogP contribution in [0.1, 0.15) is 6.42 Å². The van der Waals surface area contributed by atoms with E-state index in [4.69, 9.17) is 5.73 Å². The van der Waals surface area contributed by atoms with Gasteiger partial charge in [0.1, 0.15) is 0 Å². The Balaban J connectivity index is 2.02. The van der Waals surface area contributed by atoms with E-state index in [9.17, 15) is 4.79 Å². The number of fused-ring (bicyclic) bond motifs is 1. The Kier molecular flexibility index (Phi) is 4.22. The average Bonchev–Trinajstić information content (AvgIpc) is 2.77. The SMILES string of the molecule is CSCC[C@H](N)C(=O)Nc1nc2ccccc2[nH]1. The number of carbonyl (C=O) groups excluding carboxylic acids is 1. The number of aromatic amines is 1. The second-order valence-electron chi connectivity index (χ2n) is 3.98. The second-order valence-corrected chi connectivity index (χ2v) is 4.97. The number of benzene rings is 1. The van der Waals surface area contributed by atoms with E-state index in [-0.39, 0.29) is 5.91 Å². The predicted octanol–water partition coefficient (Wildman–Crippen LogP) is 1.58. The van der Waals surface area contributed by atoms with Crippen LogP contribution in [0, 0.1) is 0 Å². The fraction of sp³-hybridized carbons (Fsp3) is 0.333. The minimum absolute atomic E-state index is 0.205. The molecule has 1 aromatic carbocycles. The zero-order valence-corrected chi connectivity index (χ0v) is 11.0. The third kappa shape index (κ3) is 3.02. The van der Waals surface area contributed by atoms with Crippen LogP contribution >= 0.6 is 11.8 Å². The van der Waals surface area contributed by atoms with Gasteiger partial charge < -0.3 is 10.7 Å². The van der Waals surface area contributed by atoms with Gasteiger partial charge in [0.15, 0.2) is 0 Å². The highest BCUT2D eigenvalue weighted by atomic mass is 32.2. The first-order chi connectivity index (χ1) is 8.70. The van der Waals surface area contributed by atoms with Crippen molar-refractivity contribution in [2.75, 3.05) is 17.3 Å². The lowest BCUT2D eigenvalue weighted by atomic mass is 10.2. The van der Waals surface area contributed by atoms with Gasteiger partial charge in [-0.3, -0.25) is 10.1 Å². The number of amides is 1. The van der Waals surface area contributed by atoms with Crippen molar-refractivity contribution in [1.82, 2.24) is 9.97 Å². The van der Waals surface area contributed by atoms with E-state index in [1.807, 2.05) is 30.5 Å². The molecule has 0 aliphatic rings. The number of nitrogens with two attached hydrogens (primary N) is 1. The maximum Gasteiger partial charge on any atom is 0.243 e. The number of para-hydroxylation sites is 2. The molecule has 6 heteroatoms. The molecule has 18 heavy (non-hydrogen) atoms. The van der Waals surface area contributed by atoms with Gasteiger partial charge in [-0.15, -0.1) is 0 Å². The van der Waals surface area contributed by atoms with E-state index in [0.717, 1.165) is 16.8 Å². The number of hydrogen-bond donors (Lipinski definition) is 3. The van der Waals surface area contributed by atoms with Gasteiger partial charge >= 0.3 is 0 Å². The molecule has 5 nitrogen and oxygen atoms in total. The molecule has 0 saturated carbocycles. The van der Waals surface area contributed by atoms with Gasteiger partial charge in [0.2, 0.25) is 11.9 Å². The van der Waals surface area contributed by atoms with Crippen molar-refractivity contribution < 1.29 is 4.79 Å². The van der Waals surface area contributed by atoms with E-state index in [1.54, 1.807) is 11.8 Å². The zero-order valence-electron chi connectivity index (χ0n) is 10.1. The minimum atomic E-state index is -0.495. The summed E-state index contributed by atoms with van der Waals surface area (Å²) < 4.78 is 0. The molecule has 0 spiro atoms. The van der Waals surface area contributed by atoms with Crippen LogP contribution in [0.3, 0.4) is 0 Å². The van der Waals surface area contributed by atoms with Crippen molar-refractivity contribution in [3.63, 3.8) is 0 Å². The molecule has 0 radical (unpaired) electrons. The topological polar surface area (TPSA) is 83.8 Å². The van der Waals surface area contributed by atoms with E-state index >= 15 is 0 Å². The molecular formula is C12H16N4OS. The van der Waals surface area contributed by atoms with Gasteiger partial charge in [-0.2, -0.15) is 11.8 Å². The maximum atomic E-state index is 11.8. The second kappa shape index (κ2) is 5.88. The van der Waals surface area contributed by atoms with Gasteiger partial charge in [-0.25, -0.2) is 4.98 Å². The number of thioether (sulfide) groups is 1. The quantitative estimate of drug-likeness (QED) is 0.765. The zero-order chi connectivity index (χ0) is 13.0. The number of nitrogens with one attached hydrogen (secondary N) is 2. The lowest BCUT2D eigenvalue weighted by Gasteiger charge is -2.09. The van der Waals surface area contributed by atoms with E-state index in [0.29, 0.717) is 12.4 Å². The lowest BCUT2D eigenvalue weighted by Crippen LogP contribution is -2.36. The van der Waals surface area contributed by atoms with E-state index < -0.39 is 6.04 Å². The summed E-state index contributed by atoms with van der Waals surface area (Å²) in [5.74, 6) is 1.11. The summed E-state index contributed by atoms with van der Waals surface area (Å²) in [6.45, 7) is 0. The third-order valence-electron chi connectivity index (χ3n) is 2.60. The molecule has 1 amide bonds. The Morgan fingerprint density at radius 3 is 3.06 bits per heavy atom. The van der Waals surface area contributed by atoms with Crippen molar-refractivity contribution in [1.29, 1.82) is 0 Å². The molecule has 1 atom stereocenters. The van der Waals surface area contributed by atoms with Gasteiger partial charge in [-0.1, -0.05) is 12.1 Å². The fourth-order valence-electron chi connectivity index (χ4n) is 1.60. The molecule has 0 aliphatic heterocycles. The standard InChI is InChI=1S/C12H16N4OS/c1-18-7-6-8(13)11(17)16-12-14-9-4-2-3-5-10(9)15-12/h2-5,8H,6-7,13H2,1H3,(H2,14,15,16,17)/t8-/m0/s1. The fourth-order valence-corrected chi connectivity index (χ4v) is 2.09.